The molecule has 0 aliphatic heterocycles. The molecule has 1 amide bonds. The molecule has 1 heterocycles. The number of amidine groups is 1. The summed E-state index contributed by atoms with van der Waals surface area (Å²) in [5, 5.41) is 7.13. The van der Waals surface area contributed by atoms with E-state index in [0.29, 0.717) is 12.8 Å². The first kappa shape index (κ1) is 37.4. The van der Waals surface area contributed by atoms with Crippen LogP contribution in [0.5, 0.6) is 0 Å². The second kappa shape index (κ2) is 19.5. The summed E-state index contributed by atoms with van der Waals surface area (Å²) >= 11 is 1.59. The van der Waals surface area contributed by atoms with Crippen molar-refractivity contribution in [2.45, 2.75) is 51.9 Å². The highest BCUT2D eigenvalue weighted by atomic mass is 32.2. The maximum absolute atomic E-state index is 14.3. The van der Waals surface area contributed by atoms with Crippen LogP contribution in [0.25, 0.3) is 0 Å². The fourth-order valence-corrected chi connectivity index (χ4v) is 5.29. The van der Waals surface area contributed by atoms with E-state index in [1.807, 2.05) is 72.8 Å². The molecule has 0 spiro atoms. The molecule has 0 aliphatic carbocycles. The molecule has 2 atom stereocenters. The number of thiophene rings is 1. The van der Waals surface area contributed by atoms with E-state index < -0.39 is 34.4 Å². The average molecular weight is 632 g/mol. The highest BCUT2D eigenvalue weighted by molar-refractivity contribution is 8.10. The van der Waals surface area contributed by atoms with Gasteiger partial charge in [0.25, 0.3) is 5.91 Å². The molecule has 2 aromatic carbocycles. The number of Topliss-reactive ketones (excluding diaryl/α,β-unsaturated/α-hetero) is 1. The quantitative estimate of drug-likeness (QED) is 0.0785. The van der Waals surface area contributed by atoms with Crippen LogP contribution in [0.4, 0.5) is 4.48 Å². The summed E-state index contributed by atoms with van der Waals surface area (Å²) < 4.78 is 24.2. The second-order valence-corrected chi connectivity index (χ2v) is 12.3. The minimum absolute atomic E-state index is 0.0203. The molecular weight excluding hydrogens is 590 g/mol. The zero-order valence-corrected chi connectivity index (χ0v) is 27.1. The van der Waals surface area contributed by atoms with Crippen LogP contribution >= 0.6 is 22.1 Å². The Labute approximate surface area is 260 Å². The molecule has 1 aromatic heterocycles. The Balaban J connectivity index is 0.000000503. The van der Waals surface area contributed by atoms with E-state index >= 15 is 0 Å². The first-order valence-corrected chi connectivity index (χ1v) is 15.7. The summed E-state index contributed by atoms with van der Waals surface area (Å²) in [6.45, 7) is 6.13. The second-order valence-electron chi connectivity index (χ2n) is 9.71. The number of nitrogens with one attached hydrogen (secondary N) is 1. The molecule has 3 N–H and O–H groups in total. The standard InChI is InChI=1S/C22H26FNO3S.C7H10N2S.C3H6O2/c1-18(25)17-24(23)21(26)22(2,16-19-10-6-4-7-11-19)14-15-27-28(3)20-12-8-5-9-13-20;1-2-5-3-4-6(10-5)7(8)9;1-3(4)5-2/h4-13H,3,14-17H2,1-2H3;3-4H,2H2,1H3,(H3,8,9);1-2H3. The van der Waals surface area contributed by atoms with E-state index in [9.17, 15) is 18.9 Å². The number of nitrogen functional groups attached to an aromatic ring is 1. The van der Waals surface area contributed by atoms with Gasteiger partial charge in [-0.15, -0.1) is 11.3 Å². The maximum atomic E-state index is 14.3. The van der Waals surface area contributed by atoms with Crippen molar-refractivity contribution >= 4 is 51.5 Å². The van der Waals surface area contributed by atoms with Crippen molar-refractivity contribution in [3.8, 4) is 0 Å². The SMILES string of the molecule is C=S(OCCC(C)(Cc1ccccc1)C(=O)N(F)CC(C)=O)c1ccccc1.CCc1ccc(C(=N)N)s1.COC(C)=O. The number of amides is 1. The van der Waals surface area contributed by atoms with E-state index in [4.69, 9.17) is 15.3 Å². The number of rotatable bonds is 12. The van der Waals surface area contributed by atoms with Crippen LogP contribution in [0, 0.1) is 10.8 Å². The van der Waals surface area contributed by atoms with Crippen LogP contribution in [0.3, 0.4) is 0 Å². The van der Waals surface area contributed by atoms with Crippen molar-refractivity contribution in [2.75, 3.05) is 20.3 Å². The Bertz CT molecular complexity index is 1340. The van der Waals surface area contributed by atoms with E-state index in [1.54, 1.807) is 18.3 Å². The molecule has 3 rings (SSSR count). The summed E-state index contributed by atoms with van der Waals surface area (Å²) in [5.74, 6) is 2.83. The highest BCUT2D eigenvalue weighted by Crippen LogP contribution is 2.32. The minimum atomic E-state index is -1.04. The number of carbonyl (C=O) groups excluding carboxylic acids is 3. The van der Waals surface area contributed by atoms with E-state index in [2.05, 4.69) is 17.5 Å². The fraction of sp³-hybridized carbons (Fsp3) is 0.344. The number of esters is 1. The molecular formula is C32H42FN3O5S2. The molecule has 0 radical (unpaired) electrons. The zero-order valence-electron chi connectivity index (χ0n) is 25.4. The number of methoxy groups -OCH3 is 1. The van der Waals surface area contributed by atoms with Gasteiger partial charge in [0.2, 0.25) is 0 Å². The third-order valence-electron chi connectivity index (χ3n) is 5.98. The van der Waals surface area contributed by atoms with E-state index in [-0.39, 0.29) is 23.5 Å². The number of halogens is 1. The van der Waals surface area contributed by atoms with Crippen molar-refractivity contribution < 1.29 is 27.8 Å². The van der Waals surface area contributed by atoms with Crippen molar-refractivity contribution in [1.29, 1.82) is 5.41 Å². The Morgan fingerprint density at radius 3 is 2.05 bits per heavy atom. The molecule has 43 heavy (non-hydrogen) atoms. The van der Waals surface area contributed by atoms with Crippen molar-refractivity contribution in [1.82, 2.24) is 5.12 Å². The molecule has 0 saturated carbocycles. The van der Waals surface area contributed by atoms with Crippen LogP contribution in [-0.2, 0) is 36.1 Å². The third-order valence-corrected chi connectivity index (χ3v) is 8.50. The number of hydrogen-bond acceptors (Lipinski definition) is 7. The number of aryl methyl sites for hydroxylation is 1. The molecule has 0 aliphatic rings. The zero-order chi connectivity index (χ0) is 32.4. The van der Waals surface area contributed by atoms with Gasteiger partial charge >= 0.3 is 5.97 Å². The van der Waals surface area contributed by atoms with Gasteiger partial charge < -0.3 is 14.7 Å². The Morgan fingerprint density at radius 2 is 1.60 bits per heavy atom. The maximum Gasteiger partial charge on any atom is 0.302 e. The van der Waals surface area contributed by atoms with Crippen LogP contribution in [0.15, 0.2) is 77.7 Å². The molecule has 2 unspecified atom stereocenters. The van der Waals surface area contributed by atoms with Crippen LogP contribution in [0.2, 0.25) is 0 Å². The Morgan fingerprint density at radius 1 is 1.05 bits per heavy atom. The molecule has 11 heteroatoms. The molecule has 0 bridgehead atoms. The monoisotopic (exact) mass is 631 g/mol. The van der Waals surface area contributed by atoms with Gasteiger partial charge in [-0.3, -0.25) is 19.8 Å². The van der Waals surface area contributed by atoms with Gasteiger partial charge in [0.1, 0.15) is 12.4 Å². The number of nitrogens with zero attached hydrogens (tertiary/aromatic N) is 1. The van der Waals surface area contributed by atoms with Crippen LogP contribution < -0.4 is 5.73 Å². The number of carbonyl (C=O) groups is 3. The minimum Gasteiger partial charge on any atom is -0.469 e. The van der Waals surface area contributed by atoms with Crippen molar-refractivity contribution in [3.63, 3.8) is 0 Å². The van der Waals surface area contributed by atoms with Gasteiger partial charge in [-0.1, -0.05) is 66.9 Å². The largest absolute Gasteiger partial charge is 0.469 e. The molecule has 8 nitrogen and oxygen atoms in total. The highest BCUT2D eigenvalue weighted by Gasteiger charge is 2.37. The number of nitrogens with two attached hydrogens (primary N) is 1. The average Bonchev–Trinajstić information content (AvgIpc) is 3.48. The first-order valence-electron chi connectivity index (χ1n) is 13.5. The summed E-state index contributed by atoms with van der Waals surface area (Å²) in [6, 6.07) is 23.0. The first-order chi connectivity index (χ1) is 20.3. The summed E-state index contributed by atoms with van der Waals surface area (Å²) in [5.41, 5.74) is 5.16. The predicted octanol–water partition coefficient (Wildman–Crippen LogP) is 6.39. The van der Waals surface area contributed by atoms with Gasteiger partial charge in [0.05, 0.1) is 24.0 Å². The van der Waals surface area contributed by atoms with Gasteiger partial charge in [-0.2, -0.15) is 5.12 Å². The molecule has 3 aromatic rings. The topological polar surface area (TPSA) is 123 Å². The van der Waals surface area contributed by atoms with Crippen molar-refractivity contribution in [2.24, 2.45) is 11.1 Å². The van der Waals surface area contributed by atoms with E-state index in [1.165, 1.54) is 25.8 Å². The smallest absolute Gasteiger partial charge is 0.302 e. The fourth-order valence-electron chi connectivity index (χ4n) is 3.60. The molecule has 234 valence electrons. The number of ketones is 1. The lowest BCUT2D eigenvalue weighted by atomic mass is 9.79. The predicted molar refractivity (Wildman–Crippen MR) is 174 cm³/mol. The van der Waals surface area contributed by atoms with Gasteiger partial charge in [-0.05, 0) is 72.7 Å². The molecule has 0 saturated heterocycles. The number of hydrogen-bond donors (Lipinski definition) is 2. The summed E-state index contributed by atoms with van der Waals surface area (Å²) in [4.78, 5) is 36.7. The third kappa shape index (κ3) is 14.4. The van der Waals surface area contributed by atoms with Crippen LogP contribution in [-0.4, -0.2) is 54.7 Å². The lowest BCUT2D eigenvalue weighted by Crippen LogP contribution is -2.42. The van der Waals surface area contributed by atoms with E-state index in [0.717, 1.165) is 21.8 Å². The Kier molecular flexibility index (Phi) is 16.9. The Hall–Kier alpha value is -3.67. The van der Waals surface area contributed by atoms with Gasteiger partial charge in [-0.25, -0.2) is 0 Å². The van der Waals surface area contributed by atoms with Crippen molar-refractivity contribution in [3.05, 3.63) is 88.1 Å². The normalized spacial score (nSPS) is 12.2. The number of ether oxygens (including phenoxy) is 1. The van der Waals surface area contributed by atoms with Gasteiger partial charge in [0, 0.05) is 16.7 Å². The number of benzene rings is 2. The lowest BCUT2D eigenvalue weighted by molar-refractivity contribution is -0.160. The van der Waals surface area contributed by atoms with Gasteiger partial charge in [0.15, 0.2) is 5.78 Å². The molecule has 0 fully saturated rings. The lowest BCUT2D eigenvalue weighted by Gasteiger charge is -2.30. The summed E-state index contributed by atoms with van der Waals surface area (Å²) in [7, 11) is 0.679. The van der Waals surface area contributed by atoms with Crippen LogP contribution in [0.1, 0.15) is 49.4 Å². The summed E-state index contributed by atoms with van der Waals surface area (Å²) in [6.07, 6.45) is 1.69.